The summed E-state index contributed by atoms with van der Waals surface area (Å²) in [5.41, 5.74) is 1.65. The molecule has 2 aromatic heterocycles. The molecule has 0 radical (unpaired) electrons. The van der Waals surface area contributed by atoms with Gasteiger partial charge in [0.05, 0.1) is 0 Å². The molecule has 0 atom stereocenters. The van der Waals surface area contributed by atoms with E-state index in [0.717, 1.165) is 4.34 Å². The first-order valence-electron chi connectivity index (χ1n) is 3.55. The molecular formula is C7H3N5S2. The minimum Gasteiger partial charge on any atom is -0.227 e. The van der Waals surface area contributed by atoms with E-state index in [2.05, 4.69) is 20.2 Å². The number of hydrogen-bond donors (Lipinski definition) is 0. The average molecular weight is 221 g/mol. The van der Waals surface area contributed by atoms with Crippen LogP contribution >= 0.6 is 23.1 Å². The van der Waals surface area contributed by atoms with Gasteiger partial charge in [0.2, 0.25) is 5.82 Å². The number of aromatic nitrogens is 4. The van der Waals surface area contributed by atoms with E-state index >= 15 is 0 Å². The van der Waals surface area contributed by atoms with Gasteiger partial charge in [-0.1, -0.05) is 11.3 Å². The molecule has 0 aliphatic heterocycles. The molecule has 7 heteroatoms. The second-order valence-electron chi connectivity index (χ2n) is 2.14. The lowest BCUT2D eigenvalue weighted by Gasteiger charge is -1.94. The number of nitrogens with zero attached hydrogens (tertiary/aromatic N) is 5. The van der Waals surface area contributed by atoms with Crippen LogP contribution in [-0.4, -0.2) is 20.2 Å². The van der Waals surface area contributed by atoms with Gasteiger partial charge in [0.15, 0.2) is 4.34 Å². The smallest absolute Gasteiger partial charge is 0.227 e. The molecule has 5 nitrogen and oxygen atoms in total. The van der Waals surface area contributed by atoms with E-state index in [-0.39, 0.29) is 5.82 Å². The van der Waals surface area contributed by atoms with Crippen molar-refractivity contribution in [2.24, 2.45) is 0 Å². The lowest BCUT2D eigenvalue weighted by molar-refractivity contribution is 0.988. The molecule has 0 aliphatic carbocycles. The highest BCUT2D eigenvalue weighted by molar-refractivity contribution is 8.00. The van der Waals surface area contributed by atoms with Crippen molar-refractivity contribution < 1.29 is 0 Å². The summed E-state index contributed by atoms with van der Waals surface area (Å²) >= 11 is 2.80. The van der Waals surface area contributed by atoms with E-state index < -0.39 is 0 Å². The molecule has 0 unspecified atom stereocenters. The van der Waals surface area contributed by atoms with Gasteiger partial charge in [-0.05, 0) is 17.8 Å². The molecule has 0 saturated heterocycles. The predicted octanol–water partition coefficient (Wildman–Crippen LogP) is 1.35. The quantitative estimate of drug-likeness (QED) is 0.712. The van der Waals surface area contributed by atoms with Gasteiger partial charge >= 0.3 is 0 Å². The topological polar surface area (TPSA) is 75.3 Å². The summed E-state index contributed by atoms with van der Waals surface area (Å²) in [6, 6.07) is 3.61. The summed E-state index contributed by atoms with van der Waals surface area (Å²) in [5.74, 6) is 0.166. The molecule has 2 aromatic rings. The molecule has 0 bridgehead atoms. The van der Waals surface area contributed by atoms with Gasteiger partial charge in [-0.15, -0.1) is 10.2 Å². The second-order valence-corrected chi connectivity index (χ2v) is 4.24. The number of hydrogen-bond acceptors (Lipinski definition) is 7. The van der Waals surface area contributed by atoms with Crippen LogP contribution in [0.1, 0.15) is 5.82 Å². The largest absolute Gasteiger partial charge is 0.233 e. The third-order valence-electron chi connectivity index (χ3n) is 1.26. The first-order chi connectivity index (χ1) is 6.88. The van der Waals surface area contributed by atoms with Gasteiger partial charge < -0.3 is 0 Å². The number of rotatable bonds is 2. The first kappa shape index (κ1) is 9.05. The lowest BCUT2D eigenvalue weighted by atomic mass is 10.6. The van der Waals surface area contributed by atoms with Gasteiger partial charge in [0.25, 0.3) is 0 Å². The fourth-order valence-corrected chi connectivity index (χ4v) is 2.13. The Balaban J connectivity index is 2.22. The van der Waals surface area contributed by atoms with E-state index in [9.17, 15) is 0 Å². The summed E-state index contributed by atoms with van der Waals surface area (Å²) in [6.45, 7) is 0. The molecule has 0 saturated carbocycles. The average Bonchev–Trinajstić information content (AvgIpc) is 2.71. The van der Waals surface area contributed by atoms with Crippen molar-refractivity contribution in [3.05, 3.63) is 23.6 Å². The zero-order valence-corrected chi connectivity index (χ0v) is 8.42. The van der Waals surface area contributed by atoms with Gasteiger partial charge in [0, 0.05) is 6.20 Å². The van der Waals surface area contributed by atoms with Crippen LogP contribution in [0.3, 0.4) is 0 Å². The Morgan fingerprint density at radius 3 is 3.14 bits per heavy atom. The molecular weight excluding hydrogens is 218 g/mol. The van der Waals surface area contributed by atoms with Crippen molar-refractivity contribution in [1.82, 2.24) is 20.2 Å². The third kappa shape index (κ3) is 2.04. The van der Waals surface area contributed by atoms with Crippen molar-refractivity contribution >= 4 is 23.1 Å². The van der Waals surface area contributed by atoms with Crippen LogP contribution in [0.2, 0.25) is 0 Å². The number of nitriles is 1. The maximum absolute atomic E-state index is 8.58. The Bertz CT molecular complexity index is 461. The van der Waals surface area contributed by atoms with E-state index in [0.29, 0.717) is 5.03 Å². The minimum atomic E-state index is 0.166. The van der Waals surface area contributed by atoms with Crippen molar-refractivity contribution in [2.45, 2.75) is 9.37 Å². The Kier molecular flexibility index (Phi) is 2.67. The van der Waals surface area contributed by atoms with Crippen molar-refractivity contribution in [1.29, 1.82) is 5.26 Å². The Hall–Kier alpha value is -1.52. The molecule has 2 heterocycles. The third-order valence-corrected chi connectivity index (χ3v) is 2.98. The fourth-order valence-electron chi connectivity index (χ4n) is 0.750. The lowest BCUT2D eigenvalue weighted by Crippen LogP contribution is -1.88. The van der Waals surface area contributed by atoms with Gasteiger partial charge in [-0.2, -0.15) is 5.26 Å². The van der Waals surface area contributed by atoms with Crippen molar-refractivity contribution in [2.75, 3.05) is 0 Å². The van der Waals surface area contributed by atoms with Crippen LogP contribution in [0.5, 0.6) is 0 Å². The molecule has 0 fully saturated rings. The summed E-state index contributed by atoms with van der Waals surface area (Å²) in [6.07, 6.45) is 1.55. The molecule has 0 aliphatic rings. The van der Waals surface area contributed by atoms with Gasteiger partial charge in [-0.3, -0.25) is 0 Å². The molecule has 68 valence electrons. The molecule has 2 rings (SSSR count). The predicted molar refractivity (Wildman–Crippen MR) is 50.8 cm³/mol. The molecule has 0 amide bonds. The molecule has 0 N–H and O–H groups in total. The molecule has 0 aromatic carbocycles. The summed E-state index contributed by atoms with van der Waals surface area (Å²) in [4.78, 5) is 7.76. The highest BCUT2D eigenvalue weighted by Gasteiger charge is 2.03. The van der Waals surface area contributed by atoms with Crippen molar-refractivity contribution in [3.63, 3.8) is 0 Å². The zero-order valence-electron chi connectivity index (χ0n) is 6.78. The summed E-state index contributed by atoms with van der Waals surface area (Å²) in [5, 5.41) is 16.8. The van der Waals surface area contributed by atoms with Crippen LogP contribution < -0.4 is 0 Å². The van der Waals surface area contributed by atoms with Gasteiger partial charge in [-0.25, -0.2) is 9.97 Å². The van der Waals surface area contributed by atoms with E-state index in [1.807, 2.05) is 6.07 Å². The Morgan fingerprint density at radius 1 is 1.50 bits per heavy atom. The van der Waals surface area contributed by atoms with Crippen LogP contribution in [0.15, 0.2) is 27.1 Å². The standard InChI is InChI=1S/C7H3N5S2/c8-3-5-9-2-1-6(11-5)14-7-12-10-4-13-7/h1-2,4H. The molecule has 14 heavy (non-hydrogen) atoms. The first-order valence-corrected chi connectivity index (χ1v) is 5.25. The van der Waals surface area contributed by atoms with E-state index in [1.54, 1.807) is 17.8 Å². The maximum atomic E-state index is 8.58. The van der Waals surface area contributed by atoms with E-state index in [4.69, 9.17) is 5.26 Å². The normalized spacial score (nSPS) is 9.64. The van der Waals surface area contributed by atoms with Gasteiger partial charge in [0.1, 0.15) is 16.6 Å². The van der Waals surface area contributed by atoms with Crippen LogP contribution in [0, 0.1) is 11.3 Å². The highest BCUT2D eigenvalue weighted by Crippen LogP contribution is 2.26. The maximum Gasteiger partial charge on any atom is 0.233 e. The highest BCUT2D eigenvalue weighted by atomic mass is 32.2. The Labute approximate surface area is 87.9 Å². The monoisotopic (exact) mass is 221 g/mol. The van der Waals surface area contributed by atoms with Crippen LogP contribution in [-0.2, 0) is 0 Å². The SMILES string of the molecule is N#Cc1nccc(Sc2nncs2)n1. The summed E-state index contributed by atoms with van der Waals surface area (Å²) < 4.78 is 0.799. The van der Waals surface area contributed by atoms with Crippen LogP contribution in [0.4, 0.5) is 0 Å². The fraction of sp³-hybridized carbons (Fsp3) is 0. The minimum absolute atomic E-state index is 0.166. The molecule has 0 spiro atoms. The zero-order chi connectivity index (χ0) is 9.80. The van der Waals surface area contributed by atoms with E-state index in [1.165, 1.54) is 23.1 Å². The Morgan fingerprint density at radius 2 is 2.43 bits per heavy atom. The van der Waals surface area contributed by atoms with Crippen molar-refractivity contribution in [3.8, 4) is 6.07 Å². The van der Waals surface area contributed by atoms with Crippen LogP contribution in [0.25, 0.3) is 0 Å². The second kappa shape index (κ2) is 4.13. The summed E-state index contributed by atoms with van der Waals surface area (Å²) in [7, 11) is 0.